The van der Waals surface area contributed by atoms with E-state index >= 15 is 0 Å². The van der Waals surface area contributed by atoms with Crippen LogP contribution in [0.25, 0.3) is 0 Å². The number of phenols is 1. The molecular formula is C23H27ClN2O5. The summed E-state index contributed by atoms with van der Waals surface area (Å²) in [5.74, 6) is 0.947. The number of halogens is 1. The smallest absolute Gasteiger partial charge is 0.221 e. The molecule has 1 saturated carbocycles. The number of hydrogen-bond acceptors (Lipinski definition) is 6. The van der Waals surface area contributed by atoms with E-state index < -0.39 is 12.2 Å². The molecule has 1 aliphatic carbocycles. The average Bonchev–Trinajstić information content (AvgIpc) is 3.32. The molecule has 4 rings (SSSR count). The molecular weight excluding hydrogens is 420 g/mol. The van der Waals surface area contributed by atoms with Gasteiger partial charge in [0, 0.05) is 37.1 Å². The van der Waals surface area contributed by atoms with Gasteiger partial charge < -0.3 is 25.0 Å². The number of phenolic OH excluding ortho intramolecular Hbond substituents is 1. The third kappa shape index (κ3) is 5.23. The summed E-state index contributed by atoms with van der Waals surface area (Å²) in [6.07, 6.45) is 1.33. The summed E-state index contributed by atoms with van der Waals surface area (Å²) in [6, 6.07) is 11.8. The molecule has 2 aliphatic rings. The van der Waals surface area contributed by atoms with Crippen molar-refractivity contribution < 1.29 is 24.5 Å². The molecule has 0 bridgehead atoms. The minimum absolute atomic E-state index is 0.0228. The van der Waals surface area contributed by atoms with Crippen molar-refractivity contribution in [3.05, 3.63) is 47.5 Å². The summed E-state index contributed by atoms with van der Waals surface area (Å²) in [6.45, 7) is 2.99. The predicted molar refractivity (Wildman–Crippen MR) is 118 cm³/mol. The van der Waals surface area contributed by atoms with Crippen LogP contribution in [0.3, 0.4) is 0 Å². The number of aliphatic hydroxyl groups is 1. The lowest BCUT2D eigenvalue weighted by Crippen LogP contribution is -2.44. The standard InChI is InChI=1S/C23H27ClN2O5/c1-14(27)25-19-7-4-16(28)12-22(19)31-21-9-8-20(23(21)29)26-11-10-18(13-26)30-17-5-2-15(24)3-6-17/h2-7,12,18,20-21,23,28-29H,8-11,13H2,1H3,(H,25,27)/t18-,20+,21+,23-/m0/s1. The lowest BCUT2D eigenvalue weighted by Gasteiger charge is -2.28. The van der Waals surface area contributed by atoms with E-state index in [2.05, 4.69) is 10.2 Å². The van der Waals surface area contributed by atoms with Crippen LogP contribution in [0, 0.1) is 0 Å². The van der Waals surface area contributed by atoms with Gasteiger partial charge in [0.2, 0.25) is 5.91 Å². The van der Waals surface area contributed by atoms with Crippen molar-refractivity contribution in [2.24, 2.45) is 0 Å². The number of ether oxygens (including phenoxy) is 2. The number of nitrogens with zero attached hydrogens (tertiary/aromatic N) is 1. The van der Waals surface area contributed by atoms with Crippen molar-refractivity contribution in [3.63, 3.8) is 0 Å². The molecule has 0 unspecified atom stereocenters. The Kier molecular flexibility index (Phi) is 6.55. The Morgan fingerprint density at radius 2 is 1.90 bits per heavy atom. The van der Waals surface area contributed by atoms with E-state index in [-0.39, 0.29) is 23.8 Å². The highest BCUT2D eigenvalue weighted by Gasteiger charge is 2.42. The summed E-state index contributed by atoms with van der Waals surface area (Å²) in [5.41, 5.74) is 0.471. The van der Waals surface area contributed by atoms with Crippen molar-refractivity contribution in [2.45, 2.75) is 50.5 Å². The number of likely N-dealkylation sites (tertiary alicyclic amines) is 1. The van der Waals surface area contributed by atoms with Crippen LogP contribution in [-0.2, 0) is 4.79 Å². The fraction of sp³-hybridized carbons (Fsp3) is 0.435. The Balaban J connectivity index is 1.36. The summed E-state index contributed by atoms with van der Waals surface area (Å²) in [5, 5.41) is 24.1. The van der Waals surface area contributed by atoms with Crippen LogP contribution >= 0.6 is 11.6 Å². The van der Waals surface area contributed by atoms with E-state index in [4.69, 9.17) is 21.1 Å². The number of carbonyl (C=O) groups is 1. The van der Waals surface area contributed by atoms with Crippen LogP contribution in [0.4, 0.5) is 5.69 Å². The first kappa shape index (κ1) is 21.7. The molecule has 0 aromatic heterocycles. The maximum absolute atomic E-state index is 11.5. The minimum atomic E-state index is -0.679. The average molecular weight is 447 g/mol. The first-order chi connectivity index (χ1) is 14.9. The van der Waals surface area contributed by atoms with Gasteiger partial charge in [-0.05, 0) is 55.7 Å². The highest BCUT2D eigenvalue weighted by Crippen LogP contribution is 2.35. The quantitative estimate of drug-likeness (QED) is 0.589. The monoisotopic (exact) mass is 446 g/mol. The van der Waals surface area contributed by atoms with Gasteiger partial charge in [-0.15, -0.1) is 0 Å². The molecule has 2 aromatic rings. The number of hydrogen-bond donors (Lipinski definition) is 3. The lowest BCUT2D eigenvalue weighted by atomic mass is 10.1. The maximum atomic E-state index is 11.5. The van der Waals surface area contributed by atoms with Crippen LogP contribution in [0.2, 0.25) is 5.02 Å². The highest BCUT2D eigenvalue weighted by atomic mass is 35.5. The second kappa shape index (κ2) is 9.34. The van der Waals surface area contributed by atoms with Crippen LogP contribution in [0.15, 0.2) is 42.5 Å². The van der Waals surface area contributed by atoms with E-state index in [9.17, 15) is 15.0 Å². The van der Waals surface area contributed by atoms with Crippen molar-refractivity contribution in [2.75, 3.05) is 18.4 Å². The molecule has 0 radical (unpaired) electrons. The summed E-state index contributed by atoms with van der Waals surface area (Å²) >= 11 is 5.93. The lowest BCUT2D eigenvalue weighted by molar-refractivity contribution is -0.114. The van der Waals surface area contributed by atoms with Gasteiger partial charge in [-0.2, -0.15) is 0 Å². The van der Waals surface area contributed by atoms with E-state index in [0.29, 0.717) is 22.9 Å². The Bertz CT molecular complexity index is 923. The number of benzene rings is 2. The van der Waals surface area contributed by atoms with Gasteiger partial charge >= 0.3 is 0 Å². The Hall–Kier alpha value is -2.48. The van der Waals surface area contributed by atoms with Gasteiger partial charge in [0.25, 0.3) is 0 Å². The number of rotatable bonds is 6. The largest absolute Gasteiger partial charge is 0.508 e. The first-order valence-electron chi connectivity index (χ1n) is 10.5. The summed E-state index contributed by atoms with van der Waals surface area (Å²) < 4.78 is 12.1. The first-order valence-corrected chi connectivity index (χ1v) is 10.9. The van der Waals surface area contributed by atoms with E-state index in [0.717, 1.165) is 31.7 Å². The number of aromatic hydroxyl groups is 1. The molecule has 1 saturated heterocycles. The number of anilines is 1. The molecule has 1 amide bonds. The van der Waals surface area contributed by atoms with Crippen molar-refractivity contribution in [1.29, 1.82) is 0 Å². The van der Waals surface area contributed by atoms with Crippen molar-refractivity contribution >= 4 is 23.2 Å². The molecule has 1 aliphatic heterocycles. The maximum Gasteiger partial charge on any atom is 0.221 e. The number of amides is 1. The molecule has 2 aromatic carbocycles. The minimum Gasteiger partial charge on any atom is -0.508 e. The second-order valence-corrected chi connectivity index (χ2v) is 8.57. The van der Waals surface area contributed by atoms with Gasteiger partial charge in [0.15, 0.2) is 0 Å². The van der Waals surface area contributed by atoms with Crippen LogP contribution in [0.5, 0.6) is 17.2 Å². The van der Waals surface area contributed by atoms with Gasteiger partial charge in [0.1, 0.15) is 35.6 Å². The molecule has 1 heterocycles. The van der Waals surface area contributed by atoms with Crippen LogP contribution in [-0.4, -0.2) is 58.5 Å². The molecule has 0 spiro atoms. The van der Waals surface area contributed by atoms with Crippen molar-refractivity contribution in [3.8, 4) is 17.2 Å². The predicted octanol–water partition coefficient (Wildman–Crippen LogP) is 3.43. The fourth-order valence-electron chi connectivity index (χ4n) is 4.37. The Morgan fingerprint density at radius 3 is 2.65 bits per heavy atom. The van der Waals surface area contributed by atoms with E-state index in [1.807, 2.05) is 24.3 Å². The summed E-state index contributed by atoms with van der Waals surface area (Å²) in [4.78, 5) is 13.7. The SMILES string of the molecule is CC(=O)Nc1ccc(O)cc1O[C@@H]1CC[C@@H](N2CC[C@H](Oc3ccc(Cl)cc3)C2)[C@@H]1O. The third-order valence-electron chi connectivity index (χ3n) is 5.84. The van der Waals surface area contributed by atoms with Crippen LogP contribution < -0.4 is 14.8 Å². The zero-order chi connectivity index (χ0) is 22.0. The zero-order valence-corrected chi connectivity index (χ0v) is 18.1. The topological polar surface area (TPSA) is 91.3 Å². The van der Waals surface area contributed by atoms with E-state index in [1.165, 1.54) is 19.1 Å². The normalized spacial score (nSPS) is 26.0. The van der Waals surface area contributed by atoms with E-state index in [1.54, 1.807) is 6.07 Å². The Morgan fingerprint density at radius 1 is 1.13 bits per heavy atom. The fourth-order valence-corrected chi connectivity index (χ4v) is 4.50. The highest BCUT2D eigenvalue weighted by molar-refractivity contribution is 6.30. The van der Waals surface area contributed by atoms with Crippen molar-refractivity contribution in [1.82, 2.24) is 4.90 Å². The molecule has 3 N–H and O–H groups in total. The van der Waals surface area contributed by atoms with Gasteiger partial charge in [-0.1, -0.05) is 11.6 Å². The van der Waals surface area contributed by atoms with Gasteiger partial charge in [-0.3, -0.25) is 9.69 Å². The zero-order valence-electron chi connectivity index (χ0n) is 17.3. The van der Waals surface area contributed by atoms with Gasteiger partial charge in [0.05, 0.1) is 5.69 Å². The summed E-state index contributed by atoms with van der Waals surface area (Å²) in [7, 11) is 0. The number of carbonyl (C=O) groups excluding carboxylic acids is 1. The number of aliphatic hydroxyl groups excluding tert-OH is 1. The third-order valence-corrected chi connectivity index (χ3v) is 6.09. The molecule has 166 valence electrons. The second-order valence-electron chi connectivity index (χ2n) is 8.13. The molecule has 8 heteroatoms. The number of nitrogens with one attached hydrogen (secondary N) is 1. The Labute approximate surface area is 186 Å². The van der Waals surface area contributed by atoms with Crippen LogP contribution in [0.1, 0.15) is 26.2 Å². The molecule has 31 heavy (non-hydrogen) atoms. The molecule has 2 fully saturated rings. The molecule has 4 atom stereocenters. The van der Waals surface area contributed by atoms with Gasteiger partial charge in [-0.25, -0.2) is 0 Å². The molecule has 7 nitrogen and oxygen atoms in total.